The molecule has 2 unspecified atom stereocenters. The second kappa shape index (κ2) is 12.7. The highest BCUT2D eigenvalue weighted by molar-refractivity contribution is 5.99. The van der Waals surface area contributed by atoms with E-state index in [1.54, 1.807) is 24.3 Å². The third-order valence-electron chi connectivity index (χ3n) is 9.20. The van der Waals surface area contributed by atoms with Gasteiger partial charge in [-0.3, -0.25) is 9.59 Å². The first-order valence-corrected chi connectivity index (χ1v) is 15.3. The number of azo groups is 1. The highest BCUT2D eigenvalue weighted by atomic mass is 19.1. The standard InChI is InChI=1S/C33H38F2N6O3/c1-41-10-5-25(6-11-41)38-31(42)22-4-9-33(32(36)43,29(18-22)37-26-7-12-44-13-8-26)30-27-17-20(2-3-28(27)39-40-30)14-21-15-23(34)19-24(35)16-21/h2-4,9,15-16,18-19,25-26,29,37H,5-8,10-14,17H2,1H3,(H2,36,43)(H,38,42). The molecule has 1 aromatic carbocycles. The molecule has 232 valence electrons. The Morgan fingerprint density at radius 2 is 1.77 bits per heavy atom. The number of likely N-dealkylation sites (tertiary alicyclic amines) is 1. The Kier molecular flexibility index (Phi) is 8.70. The summed E-state index contributed by atoms with van der Waals surface area (Å²) >= 11 is 0. The maximum absolute atomic E-state index is 13.9. The molecule has 2 fully saturated rings. The molecule has 4 N–H and O–H groups in total. The average molecular weight is 605 g/mol. The number of hydrogen-bond donors (Lipinski definition) is 3. The van der Waals surface area contributed by atoms with E-state index in [1.807, 2.05) is 6.08 Å². The maximum atomic E-state index is 13.9. The van der Waals surface area contributed by atoms with Crippen molar-refractivity contribution in [2.24, 2.45) is 21.4 Å². The Balaban J connectivity index is 1.32. The van der Waals surface area contributed by atoms with Gasteiger partial charge in [0.25, 0.3) is 5.91 Å². The van der Waals surface area contributed by atoms with Crippen LogP contribution in [0.4, 0.5) is 8.78 Å². The number of allylic oxidation sites excluding steroid dienone is 4. The minimum absolute atomic E-state index is 0.0389. The molecule has 0 saturated carbocycles. The number of nitrogens with one attached hydrogen (secondary N) is 2. The van der Waals surface area contributed by atoms with Gasteiger partial charge in [0.05, 0.1) is 17.4 Å². The molecule has 3 aliphatic heterocycles. The summed E-state index contributed by atoms with van der Waals surface area (Å²) in [6.07, 6.45) is 12.8. The lowest BCUT2D eigenvalue weighted by atomic mass is 9.70. The first kappa shape index (κ1) is 30.2. The van der Waals surface area contributed by atoms with Crippen molar-refractivity contribution in [3.8, 4) is 0 Å². The lowest BCUT2D eigenvalue weighted by Gasteiger charge is -2.40. The lowest BCUT2D eigenvalue weighted by Crippen LogP contribution is -2.56. The Morgan fingerprint density at radius 3 is 2.48 bits per heavy atom. The second-order valence-electron chi connectivity index (χ2n) is 12.3. The number of ether oxygens (including phenoxy) is 1. The summed E-state index contributed by atoms with van der Waals surface area (Å²) in [5.41, 5.74) is 8.42. The van der Waals surface area contributed by atoms with Crippen LogP contribution in [0.15, 0.2) is 86.9 Å². The monoisotopic (exact) mass is 604 g/mol. The van der Waals surface area contributed by atoms with Crippen LogP contribution < -0.4 is 16.4 Å². The molecule has 2 amide bonds. The zero-order valence-corrected chi connectivity index (χ0v) is 24.8. The number of nitrogens with two attached hydrogens (primary N) is 1. The number of nitrogens with zero attached hydrogens (tertiary/aromatic N) is 3. The molecule has 3 heterocycles. The Hall–Kier alpha value is -3.80. The van der Waals surface area contributed by atoms with Crippen molar-refractivity contribution in [3.05, 3.63) is 93.9 Å². The SMILES string of the molecule is CN1CCC(NC(=O)C2=CC(NC3CCOCC3)C(C(N)=O)(C3=C4CC(Cc5cc(F)cc(F)c5)=CC=C4N=N3)C=C2)CC1. The number of carbonyl (C=O) groups is 2. The highest BCUT2D eigenvalue weighted by Crippen LogP contribution is 2.47. The van der Waals surface area contributed by atoms with E-state index in [0.717, 1.165) is 56.0 Å². The van der Waals surface area contributed by atoms with Gasteiger partial charge in [0, 0.05) is 42.5 Å². The number of carbonyl (C=O) groups excluding carboxylic acids is 2. The minimum Gasteiger partial charge on any atom is -0.381 e. The van der Waals surface area contributed by atoms with Crippen LogP contribution in [-0.4, -0.2) is 68.2 Å². The van der Waals surface area contributed by atoms with Gasteiger partial charge in [-0.05, 0) is 82.4 Å². The fourth-order valence-corrected chi connectivity index (χ4v) is 6.71. The molecule has 1 aromatic rings. The number of halogens is 2. The van der Waals surface area contributed by atoms with Crippen LogP contribution in [0.5, 0.6) is 0 Å². The van der Waals surface area contributed by atoms with Crippen LogP contribution in [0.2, 0.25) is 0 Å². The number of benzene rings is 1. The van der Waals surface area contributed by atoms with E-state index in [2.05, 4.69) is 32.8 Å². The van der Waals surface area contributed by atoms with Crippen LogP contribution in [0.3, 0.4) is 0 Å². The summed E-state index contributed by atoms with van der Waals surface area (Å²) in [6.45, 7) is 3.01. The first-order valence-electron chi connectivity index (χ1n) is 15.3. The van der Waals surface area contributed by atoms with Gasteiger partial charge in [-0.25, -0.2) is 8.78 Å². The van der Waals surface area contributed by atoms with Gasteiger partial charge < -0.3 is 26.0 Å². The van der Waals surface area contributed by atoms with Crippen LogP contribution in [0.25, 0.3) is 0 Å². The Labute approximate surface area is 255 Å². The van der Waals surface area contributed by atoms with Gasteiger partial charge in [-0.15, -0.1) is 0 Å². The first-order chi connectivity index (χ1) is 21.2. The van der Waals surface area contributed by atoms with Crippen molar-refractivity contribution in [2.75, 3.05) is 33.4 Å². The van der Waals surface area contributed by atoms with Crippen molar-refractivity contribution in [3.63, 3.8) is 0 Å². The van der Waals surface area contributed by atoms with Crippen molar-refractivity contribution in [2.45, 2.75) is 56.7 Å². The summed E-state index contributed by atoms with van der Waals surface area (Å²) in [5.74, 6) is -2.08. The molecule has 0 spiro atoms. The summed E-state index contributed by atoms with van der Waals surface area (Å²) in [6, 6.07) is 2.93. The molecule has 9 nitrogen and oxygen atoms in total. The number of hydrogen-bond acceptors (Lipinski definition) is 7. The molecule has 44 heavy (non-hydrogen) atoms. The average Bonchev–Trinajstić information content (AvgIpc) is 3.42. The quantitative estimate of drug-likeness (QED) is 0.417. The van der Waals surface area contributed by atoms with Crippen molar-refractivity contribution in [1.29, 1.82) is 0 Å². The smallest absolute Gasteiger partial charge is 0.251 e. The second-order valence-corrected chi connectivity index (χ2v) is 12.3. The van der Waals surface area contributed by atoms with E-state index in [0.29, 0.717) is 48.6 Å². The molecule has 2 atom stereocenters. The molecule has 2 aliphatic carbocycles. The topological polar surface area (TPSA) is 121 Å². The number of fused-ring (bicyclic) bond motifs is 1. The number of primary amides is 1. The molecule has 6 rings (SSSR count). The minimum atomic E-state index is -1.42. The number of amides is 2. The lowest BCUT2D eigenvalue weighted by molar-refractivity contribution is -0.125. The summed E-state index contributed by atoms with van der Waals surface area (Å²) in [7, 11) is 2.07. The van der Waals surface area contributed by atoms with Crippen LogP contribution in [0.1, 0.15) is 37.7 Å². The van der Waals surface area contributed by atoms with Gasteiger partial charge >= 0.3 is 0 Å². The fourth-order valence-electron chi connectivity index (χ4n) is 6.71. The number of piperidine rings is 1. The Bertz CT molecular complexity index is 1490. The molecule has 5 aliphatic rings. The van der Waals surface area contributed by atoms with Gasteiger partial charge in [0.15, 0.2) is 0 Å². The third-order valence-corrected chi connectivity index (χ3v) is 9.20. The van der Waals surface area contributed by atoms with Gasteiger partial charge in [-0.2, -0.15) is 10.2 Å². The zero-order chi connectivity index (χ0) is 30.8. The molecule has 0 aromatic heterocycles. The normalized spacial score (nSPS) is 26.2. The van der Waals surface area contributed by atoms with E-state index >= 15 is 0 Å². The number of rotatable bonds is 8. The highest BCUT2D eigenvalue weighted by Gasteiger charge is 2.51. The molecule has 2 saturated heterocycles. The molecular formula is C33H38F2N6O3. The molecule has 11 heteroatoms. The molecular weight excluding hydrogens is 566 g/mol. The maximum Gasteiger partial charge on any atom is 0.251 e. The third kappa shape index (κ3) is 6.22. The van der Waals surface area contributed by atoms with E-state index < -0.39 is 29.0 Å². The zero-order valence-electron chi connectivity index (χ0n) is 24.8. The van der Waals surface area contributed by atoms with Gasteiger partial charge in [-0.1, -0.05) is 29.9 Å². The van der Waals surface area contributed by atoms with E-state index in [-0.39, 0.29) is 18.0 Å². The summed E-state index contributed by atoms with van der Waals surface area (Å²) in [4.78, 5) is 29.3. The van der Waals surface area contributed by atoms with Crippen molar-refractivity contribution >= 4 is 11.8 Å². The van der Waals surface area contributed by atoms with E-state index in [9.17, 15) is 18.4 Å². The van der Waals surface area contributed by atoms with Crippen LogP contribution in [0, 0.1) is 17.0 Å². The summed E-state index contributed by atoms with van der Waals surface area (Å²) < 4.78 is 33.3. The summed E-state index contributed by atoms with van der Waals surface area (Å²) in [5, 5.41) is 15.7. The van der Waals surface area contributed by atoms with Gasteiger partial charge in [0.2, 0.25) is 5.91 Å². The fraction of sp³-hybridized carbons (Fsp3) is 0.455. The van der Waals surface area contributed by atoms with Crippen LogP contribution >= 0.6 is 0 Å². The molecule has 0 radical (unpaired) electrons. The predicted molar refractivity (Wildman–Crippen MR) is 161 cm³/mol. The van der Waals surface area contributed by atoms with Crippen LogP contribution in [-0.2, 0) is 20.7 Å². The Morgan fingerprint density at radius 1 is 1.05 bits per heavy atom. The van der Waals surface area contributed by atoms with E-state index in [4.69, 9.17) is 10.5 Å². The van der Waals surface area contributed by atoms with Gasteiger partial charge in [0.1, 0.15) is 17.0 Å². The van der Waals surface area contributed by atoms with Crippen molar-refractivity contribution in [1.82, 2.24) is 15.5 Å². The van der Waals surface area contributed by atoms with Crippen molar-refractivity contribution < 1.29 is 23.1 Å². The largest absolute Gasteiger partial charge is 0.381 e. The molecule has 0 bridgehead atoms. The predicted octanol–water partition coefficient (Wildman–Crippen LogP) is 3.76. The van der Waals surface area contributed by atoms with E-state index in [1.165, 1.54) is 12.1 Å².